The molecule has 3 aromatic rings. The van der Waals surface area contributed by atoms with E-state index in [4.69, 9.17) is 0 Å². The van der Waals surface area contributed by atoms with Crippen molar-refractivity contribution < 1.29 is 22.8 Å². The SMILES string of the molecule is CCCN(C)C(=O)c1ccccc1NC(=O)c1ccccc1-c1ccc(C(F)(F)F)cc1. The summed E-state index contributed by atoms with van der Waals surface area (Å²) in [5, 5.41) is 2.78. The molecule has 0 aliphatic heterocycles. The minimum Gasteiger partial charge on any atom is -0.342 e. The number of halogens is 3. The van der Waals surface area contributed by atoms with Gasteiger partial charge in [-0.2, -0.15) is 13.2 Å². The number of alkyl halides is 3. The summed E-state index contributed by atoms with van der Waals surface area (Å²) in [6.45, 7) is 2.55. The number of nitrogens with one attached hydrogen (secondary N) is 1. The van der Waals surface area contributed by atoms with E-state index in [9.17, 15) is 22.8 Å². The van der Waals surface area contributed by atoms with Crippen LogP contribution in [0.5, 0.6) is 0 Å². The minimum absolute atomic E-state index is 0.209. The minimum atomic E-state index is -4.43. The van der Waals surface area contributed by atoms with Gasteiger partial charge in [-0.05, 0) is 47.9 Å². The average molecular weight is 440 g/mol. The van der Waals surface area contributed by atoms with Crippen molar-refractivity contribution in [2.24, 2.45) is 0 Å². The van der Waals surface area contributed by atoms with Crippen LogP contribution in [0.4, 0.5) is 18.9 Å². The van der Waals surface area contributed by atoms with Crippen molar-refractivity contribution in [1.82, 2.24) is 4.90 Å². The lowest BCUT2D eigenvalue weighted by atomic mass is 9.98. The van der Waals surface area contributed by atoms with Crippen molar-refractivity contribution >= 4 is 17.5 Å². The van der Waals surface area contributed by atoms with Gasteiger partial charge in [0.1, 0.15) is 0 Å². The molecule has 0 fully saturated rings. The summed E-state index contributed by atoms with van der Waals surface area (Å²) >= 11 is 0. The summed E-state index contributed by atoms with van der Waals surface area (Å²) in [5.41, 5.74) is 1.24. The lowest BCUT2D eigenvalue weighted by Crippen LogP contribution is -2.28. The number of anilines is 1. The fourth-order valence-electron chi connectivity index (χ4n) is 3.38. The Morgan fingerprint density at radius 1 is 0.875 bits per heavy atom. The van der Waals surface area contributed by atoms with Crippen molar-refractivity contribution in [1.29, 1.82) is 0 Å². The van der Waals surface area contributed by atoms with Crippen molar-refractivity contribution in [3.8, 4) is 11.1 Å². The van der Waals surface area contributed by atoms with E-state index in [1.165, 1.54) is 12.1 Å². The smallest absolute Gasteiger partial charge is 0.342 e. The third-order valence-corrected chi connectivity index (χ3v) is 5.01. The molecule has 2 amide bonds. The fourth-order valence-corrected chi connectivity index (χ4v) is 3.38. The molecule has 0 heterocycles. The van der Waals surface area contributed by atoms with E-state index in [-0.39, 0.29) is 11.5 Å². The first-order valence-corrected chi connectivity index (χ1v) is 10.1. The van der Waals surface area contributed by atoms with E-state index in [2.05, 4.69) is 5.32 Å². The molecule has 0 saturated carbocycles. The number of hydrogen-bond acceptors (Lipinski definition) is 2. The van der Waals surface area contributed by atoms with Crippen LogP contribution in [0.25, 0.3) is 11.1 Å². The van der Waals surface area contributed by atoms with Crippen LogP contribution in [0.2, 0.25) is 0 Å². The maximum absolute atomic E-state index is 13.1. The Morgan fingerprint density at radius 3 is 2.09 bits per heavy atom. The lowest BCUT2D eigenvalue weighted by molar-refractivity contribution is -0.137. The summed E-state index contributed by atoms with van der Waals surface area (Å²) in [5.74, 6) is -0.669. The van der Waals surface area contributed by atoms with Gasteiger partial charge in [0.15, 0.2) is 0 Å². The van der Waals surface area contributed by atoms with Crippen molar-refractivity contribution in [2.75, 3.05) is 18.9 Å². The third-order valence-electron chi connectivity index (χ3n) is 5.01. The molecule has 0 atom stereocenters. The van der Waals surface area contributed by atoms with E-state index in [1.807, 2.05) is 6.92 Å². The molecule has 4 nitrogen and oxygen atoms in total. The fraction of sp³-hybridized carbons (Fsp3) is 0.200. The summed E-state index contributed by atoms with van der Waals surface area (Å²) < 4.78 is 38.7. The summed E-state index contributed by atoms with van der Waals surface area (Å²) in [6.07, 6.45) is -3.63. The average Bonchev–Trinajstić information content (AvgIpc) is 2.78. The Morgan fingerprint density at radius 2 is 1.47 bits per heavy atom. The van der Waals surface area contributed by atoms with Gasteiger partial charge in [-0.3, -0.25) is 9.59 Å². The second-order valence-electron chi connectivity index (χ2n) is 7.35. The third kappa shape index (κ3) is 5.17. The predicted octanol–water partition coefficient (Wildman–Crippen LogP) is 6.11. The van der Waals surface area contributed by atoms with Crippen molar-refractivity contribution in [3.63, 3.8) is 0 Å². The van der Waals surface area contributed by atoms with E-state index in [0.717, 1.165) is 18.6 Å². The number of carbonyl (C=O) groups is 2. The Bertz CT molecular complexity index is 1110. The van der Waals surface area contributed by atoms with Crippen molar-refractivity contribution in [3.05, 3.63) is 89.5 Å². The lowest BCUT2D eigenvalue weighted by Gasteiger charge is -2.19. The molecule has 0 radical (unpaired) electrons. The highest BCUT2D eigenvalue weighted by Gasteiger charge is 2.30. The summed E-state index contributed by atoms with van der Waals surface area (Å²) in [4.78, 5) is 27.4. The van der Waals surface area contributed by atoms with Crippen LogP contribution in [0.15, 0.2) is 72.8 Å². The molecule has 0 bridgehead atoms. The van der Waals surface area contributed by atoms with Gasteiger partial charge in [0.25, 0.3) is 11.8 Å². The van der Waals surface area contributed by atoms with Gasteiger partial charge in [-0.1, -0.05) is 49.4 Å². The Hall–Kier alpha value is -3.61. The van der Waals surface area contributed by atoms with Crippen LogP contribution < -0.4 is 5.32 Å². The molecule has 3 aromatic carbocycles. The zero-order valence-corrected chi connectivity index (χ0v) is 17.7. The first-order valence-electron chi connectivity index (χ1n) is 10.1. The van der Waals surface area contributed by atoms with E-state index in [0.29, 0.717) is 28.9 Å². The highest BCUT2D eigenvalue weighted by atomic mass is 19.4. The molecule has 0 aliphatic carbocycles. The molecule has 0 aromatic heterocycles. The van der Waals surface area contributed by atoms with E-state index >= 15 is 0 Å². The molecule has 0 unspecified atom stereocenters. The second kappa shape index (κ2) is 9.68. The van der Waals surface area contributed by atoms with Gasteiger partial charge < -0.3 is 10.2 Å². The maximum Gasteiger partial charge on any atom is 0.416 e. The van der Waals surface area contributed by atoms with Gasteiger partial charge in [-0.25, -0.2) is 0 Å². The van der Waals surface area contributed by atoms with Crippen LogP contribution in [-0.2, 0) is 6.18 Å². The normalized spacial score (nSPS) is 11.2. The van der Waals surface area contributed by atoms with Crippen molar-refractivity contribution in [2.45, 2.75) is 19.5 Å². The zero-order chi connectivity index (χ0) is 23.3. The van der Waals surface area contributed by atoms with Gasteiger partial charge in [0.2, 0.25) is 0 Å². The number of amides is 2. The maximum atomic E-state index is 13.1. The van der Waals surface area contributed by atoms with Gasteiger partial charge in [0.05, 0.1) is 16.8 Å². The van der Waals surface area contributed by atoms with E-state index in [1.54, 1.807) is 60.5 Å². The quantitative estimate of drug-likeness (QED) is 0.503. The Kier molecular flexibility index (Phi) is 6.98. The largest absolute Gasteiger partial charge is 0.416 e. The highest BCUT2D eigenvalue weighted by molar-refractivity contribution is 6.11. The topological polar surface area (TPSA) is 49.4 Å². The highest BCUT2D eigenvalue weighted by Crippen LogP contribution is 2.32. The number of para-hydroxylation sites is 1. The number of hydrogen-bond donors (Lipinski definition) is 1. The molecule has 7 heteroatoms. The Labute approximate surface area is 184 Å². The van der Waals surface area contributed by atoms with Gasteiger partial charge in [0, 0.05) is 19.2 Å². The van der Waals surface area contributed by atoms with Crippen LogP contribution in [0.1, 0.15) is 39.6 Å². The number of carbonyl (C=O) groups excluding carboxylic acids is 2. The zero-order valence-electron chi connectivity index (χ0n) is 17.7. The second-order valence-corrected chi connectivity index (χ2v) is 7.35. The number of nitrogens with zero attached hydrogens (tertiary/aromatic N) is 1. The van der Waals surface area contributed by atoms with Crippen LogP contribution in [0, 0.1) is 0 Å². The summed E-state index contributed by atoms with van der Waals surface area (Å²) in [7, 11) is 1.70. The molecular formula is C25H23F3N2O2. The molecule has 0 spiro atoms. The first kappa shape index (κ1) is 23.1. The van der Waals surface area contributed by atoms with Crippen LogP contribution in [0.3, 0.4) is 0 Å². The monoisotopic (exact) mass is 440 g/mol. The molecule has 1 N–H and O–H groups in total. The van der Waals surface area contributed by atoms with Crippen LogP contribution >= 0.6 is 0 Å². The molecule has 3 rings (SSSR count). The molecule has 0 aliphatic rings. The predicted molar refractivity (Wildman–Crippen MR) is 119 cm³/mol. The van der Waals surface area contributed by atoms with Gasteiger partial charge >= 0.3 is 6.18 Å². The Balaban J connectivity index is 1.91. The van der Waals surface area contributed by atoms with E-state index < -0.39 is 17.6 Å². The number of benzene rings is 3. The van der Waals surface area contributed by atoms with Crippen LogP contribution in [-0.4, -0.2) is 30.3 Å². The molecule has 0 saturated heterocycles. The standard InChI is InChI=1S/C25H23F3N2O2/c1-3-16-30(2)24(32)21-10-6-7-11-22(21)29-23(31)20-9-5-4-8-19(20)17-12-14-18(15-13-17)25(26,27)28/h4-15H,3,16H2,1-2H3,(H,29,31). The molecule has 32 heavy (non-hydrogen) atoms. The first-order chi connectivity index (χ1) is 15.2. The summed E-state index contributed by atoms with van der Waals surface area (Å²) in [6, 6.07) is 18.0. The van der Waals surface area contributed by atoms with Gasteiger partial charge in [-0.15, -0.1) is 0 Å². The molecule has 166 valence electrons. The molecular weight excluding hydrogens is 417 g/mol. The number of rotatable bonds is 6.